The van der Waals surface area contributed by atoms with Crippen LogP contribution in [0.2, 0.25) is 0 Å². The zero-order valence-corrected chi connectivity index (χ0v) is 10.5. The van der Waals surface area contributed by atoms with E-state index in [1.807, 2.05) is 0 Å². The molecule has 0 fully saturated rings. The van der Waals surface area contributed by atoms with E-state index in [9.17, 15) is 0 Å². The Balaban J connectivity index is 0.000001000. The molecule has 2 heteroatoms. The maximum atomic E-state index is 4.31. The fourth-order valence-electron chi connectivity index (χ4n) is 0.945. The summed E-state index contributed by atoms with van der Waals surface area (Å²) < 4.78 is 0. The summed E-state index contributed by atoms with van der Waals surface area (Å²) in [4.78, 5) is 1.09. The third kappa shape index (κ3) is 2.83. The van der Waals surface area contributed by atoms with Crippen molar-refractivity contribution in [1.82, 2.24) is 0 Å². The number of rotatable bonds is 0. The van der Waals surface area contributed by atoms with Crippen molar-refractivity contribution < 1.29 is 0 Å². The molecule has 0 aromatic heterocycles. The number of hydrogen-bond acceptors (Lipinski definition) is 1. The Kier molecular flexibility index (Phi) is 4.80. The van der Waals surface area contributed by atoms with Crippen LogP contribution < -0.4 is 0 Å². The zero-order chi connectivity index (χ0) is 7.72. The van der Waals surface area contributed by atoms with E-state index in [1.54, 1.807) is 0 Å². The Morgan fingerprint density at radius 1 is 0.909 bits per heavy atom. The van der Waals surface area contributed by atoms with Gasteiger partial charge in [0.25, 0.3) is 0 Å². The monoisotopic (exact) mass is 175 g/mol. The van der Waals surface area contributed by atoms with Crippen LogP contribution in [-0.4, -0.2) is 29.6 Å². The first-order valence-corrected chi connectivity index (χ1v) is 3.83. The number of hydrogen-bond donors (Lipinski definition) is 1. The molecule has 0 aliphatic rings. The van der Waals surface area contributed by atoms with E-state index in [1.165, 1.54) is 16.7 Å². The van der Waals surface area contributed by atoms with Crippen LogP contribution in [0.15, 0.2) is 17.0 Å². The first kappa shape index (κ1) is 11.6. The van der Waals surface area contributed by atoms with Gasteiger partial charge in [-0.15, -0.1) is 12.6 Å². The van der Waals surface area contributed by atoms with Crippen molar-refractivity contribution in [3.63, 3.8) is 0 Å². The van der Waals surface area contributed by atoms with Crippen LogP contribution in [0.5, 0.6) is 0 Å². The minimum absolute atomic E-state index is 0. The van der Waals surface area contributed by atoms with E-state index in [0.717, 1.165) is 4.90 Å². The molecule has 1 aromatic carbocycles. The normalized spacial score (nSPS) is 9.09. The third-order valence-corrected chi connectivity index (χ3v) is 2.29. The second kappa shape index (κ2) is 4.56. The predicted octanol–water partition coefficient (Wildman–Crippen LogP) is 2.52. The molecular formula is C9H12NaS. The van der Waals surface area contributed by atoms with Gasteiger partial charge >= 0.3 is 0 Å². The molecule has 0 unspecified atom stereocenters. The summed E-state index contributed by atoms with van der Waals surface area (Å²) in [5.41, 5.74) is 3.91. The van der Waals surface area contributed by atoms with Gasteiger partial charge in [-0.1, -0.05) is 6.07 Å². The van der Waals surface area contributed by atoms with Crippen LogP contribution in [-0.2, 0) is 0 Å². The molecule has 0 heterocycles. The van der Waals surface area contributed by atoms with Crippen molar-refractivity contribution >= 4 is 42.2 Å². The van der Waals surface area contributed by atoms with Crippen molar-refractivity contribution in [3.8, 4) is 0 Å². The molecule has 1 radical (unpaired) electrons. The SMILES string of the molecule is Cc1cc(C)c(S)cc1C.[Na]. The van der Waals surface area contributed by atoms with Crippen LogP contribution in [0.3, 0.4) is 0 Å². The van der Waals surface area contributed by atoms with E-state index >= 15 is 0 Å². The Morgan fingerprint density at radius 2 is 1.36 bits per heavy atom. The van der Waals surface area contributed by atoms with Gasteiger partial charge in [0.2, 0.25) is 0 Å². The molecule has 55 valence electrons. The molecule has 0 nitrogen and oxygen atoms in total. The molecule has 0 atom stereocenters. The van der Waals surface area contributed by atoms with Gasteiger partial charge in [0.15, 0.2) is 0 Å². The molecule has 0 aliphatic carbocycles. The zero-order valence-electron chi connectivity index (χ0n) is 7.60. The summed E-state index contributed by atoms with van der Waals surface area (Å²) in [5, 5.41) is 0. The summed E-state index contributed by atoms with van der Waals surface area (Å²) in [6.45, 7) is 6.30. The van der Waals surface area contributed by atoms with Crippen LogP contribution in [0.4, 0.5) is 0 Å². The van der Waals surface area contributed by atoms with Gasteiger partial charge < -0.3 is 0 Å². The number of benzene rings is 1. The number of thiol groups is 1. The third-order valence-electron chi connectivity index (χ3n) is 1.81. The Morgan fingerprint density at radius 3 is 1.82 bits per heavy atom. The molecule has 1 aromatic rings. The molecule has 0 aliphatic heterocycles. The Hall–Kier alpha value is 0.570. The van der Waals surface area contributed by atoms with Gasteiger partial charge in [-0.2, -0.15) is 0 Å². The summed E-state index contributed by atoms with van der Waals surface area (Å²) in [5.74, 6) is 0. The second-order valence-electron chi connectivity index (χ2n) is 2.72. The molecule has 0 spiro atoms. The molecule has 0 amide bonds. The van der Waals surface area contributed by atoms with Crippen molar-refractivity contribution in [2.45, 2.75) is 25.7 Å². The van der Waals surface area contributed by atoms with Crippen LogP contribution in [0.1, 0.15) is 16.7 Å². The largest absolute Gasteiger partial charge is 0.143 e. The first-order valence-electron chi connectivity index (χ1n) is 3.38. The van der Waals surface area contributed by atoms with E-state index < -0.39 is 0 Å². The van der Waals surface area contributed by atoms with Crippen molar-refractivity contribution in [1.29, 1.82) is 0 Å². The van der Waals surface area contributed by atoms with Gasteiger partial charge in [0.1, 0.15) is 0 Å². The minimum Gasteiger partial charge on any atom is -0.143 e. The van der Waals surface area contributed by atoms with E-state index in [0.29, 0.717) is 0 Å². The van der Waals surface area contributed by atoms with Gasteiger partial charge in [0, 0.05) is 34.5 Å². The second-order valence-corrected chi connectivity index (χ2v) is 3.20. The molecule has 0 saturated heterocycles. The maximum Gasteiger partial charge on any atom is 0.00720 e. The summed E-state index contributed by atoms with van der Waals surface area (Å²) in [6.07, 6.45) is 0. The standard InChI is InChI=1S/C9H12S.Na/c1-6-4-8(3)9(10)5-7(6)2;/h4-5,10H,1-3H3;. The summed E-state index contributed by atoms with van der Waals surface area (Å²) in [6, 6.07) is 4.27. The fourth-order valence-corrected chi connectivity index (χ4v) is 1.20. The van der Waals surface area contributed by atoms with Crippen LogP contribution in [0, 0.1) is 20.8 Å². The Bertz CT molecular complexity index is 206. The maximum absolute atomic E-state index is 4.31. The van der Waals surface area contributed by atoms with Crippen molar-refractivity contribution in [2.24, 2.45) is 0 Å². The molecular weight excluding hydrogens is 163 g/mol. The van der Waals surface area contributed by atoms with Crippen LogP contribution in [0.25, 0.3) is 0 Å². The number of aryl methyl sites for hydroxylation is 3. The van der Waals surface area contributed by atoms with E-state index in [4.69, 9.17) is 0 Å². The quantitative estimate of drug-likeness (QED) is 0.454. The van der Waals surface area contributed by atoms with Gasteiger partial charge in [0.05, 0.1) is 0 Å². The summed E-state index contributed by atoms with van der Waals surface area (Å²) >= 11 is 4.31. The predicted molar refractivity (Wildman–Crippen MR) is 53.7 cm³/mol. The summed E-state index contributed by atoms with van der Waals surface area (Å²) in [7, 11) is 0. The van der Waals surface area contributed by atoms with Gasteiger partial charge in [-0.3, -0.25) is 0 Å². The smallest absolute Gasteiger partial charge is 0.00720 e. The minimum atomic E-state index is 0. The molecule has 1 rings (SSSR count). The topological polar surface area (TPSA) is 0 Å². The first-order chi connectivity index (χ1) is 4.61. The van der Waals surface area contributed by atoms with E-state index in [2.05, 4.69) is 45.5 Å². The molecule has 0 N–H and O–H groups in total. The van der Waals surface area contributed by atoms with Crippen molar-refractivity contribution in [3.05, 3.63) is 28.8 Å². The van der Waals surface area contributed by atoms with Gasteiger partial charge in [-0.05, 0) is 43.5 Å². The molecule has 11 heavy (non-hydrogen) atoms. The molecule has 0 saturated carbocycles. The fraction of sp³-hybridized carbons (Fsp3) is 0.333. The Labute approximate surface area is 96.1 Å². The van der Waals surface area contributed by atoms with Crippen molar-refractivity contribution in [2.75, 3.05) is 0 Å². The average Bonchev–Trinajstić information content (AvgIpc) is 1.84. The average molecular weight is 175 g/mol. The van der Waals surface area contributed by atoms with Gasteiger partial charge in [-0.25, -0.2) is 0 Å². The molecule has 0 bridgehead atoms. The van der Waals surface area contributed by atoms with Crippen LogP contribution >= 0.6 is 12.6 Å². The van der Waals surface area contributed by atoms with E-state index in [-0.39, 0.29) is 29.6 Å².